The lowest BCUT2D eigenvalue weighted by Gasteiger charge is -2.20. The van der Waals surface area contributed by atoms with E-state index in [4.69, 9.17) is 4.42 Å². The van der Waals surface area contributed by atoms with Crippen LogP contribution in [0.1, 0.15) is 11.1 Å². The molecule has 0 spiro atoms. The molecule has 1 heteroatoms. The second-order valence-electron chi connectivity index (χ2n) is 15.5. The molecule has 0 saturated carbocycles. The summed E-state index contributed by atoms with van der Waals surface area (Å²) < 4.78 is 6.89. The van der Waals surface area contributed by atoms with E-state index in [1.54, 1.807) is 0 Å². The Kier molecular flexibility index (Phi) is 7.36. The highest BCUT2D eigenvalue weighted by atomic mass is 16.3. The zero-order chi connectivity index (χ0) is 38.2. The van der Waals surface area contributed by atoms with E-state index in [2.05, 4.69) is 206 Å². The van der Waals surface area contributed by atoms with Gasteiger partial charge in [0.1, 0.15) is 11.2 Å². The highest BCUT2D eigenvalue weighted by Gasteiger charge is 2.23. The van der Waals surface area contributed by atoms with Crippen molar-refractivity contribution in [1.29, 1.82) is 0 Å². The van der Waals surface area contributed by atoms with Crippen LogP contribution in [0.15, 0.2) is 211 Å². The van der Waals surface area contributed by atoms with Crippen molar-refractivity contribution in [2.75, 3.05) is 0 Å². The molecule has 12 rings (SSSR count). The van der Waals surface area contributed by atoms with Crippen LogP contribution in [-0.2, 0) is 6.42 Å². The highest BCUT2D eigenvalue weighted by molar-refractivity contribution is 6.24. The summed E-state index contributed by atoms with van der Waals surface area (Å²) in [5, 5.41) is 14.9. The Bertz CT molecular complexity index is 3540. The number of hydrogen-bond donors (Lipinski definition) is 0. The fourth-order valence-electron chi connectivity index (χ4n) is 9.81. The molecule has 270 valence electrons. The van der Waals surface area contributed by atoms with Crippen molar-refractivity contribution in [2.24, 2.45) is 0 Å². The standard InChI is InChI=1S/C57H36O/c1-4-20-39-36(16-1)19-15-30-43(39)49-32-33-51(56-50-29-13-14-31-54(50)58-57(49)56)55-47-27-11-9-25-45(47)53(46-26-10-12-28-48(46)55)35-38-18-3-6-22-41(38)52-34-37-17-2-5-21-40(37)42-23-7-8-24-44(42)52/h1-34H,35H2. The van der Waals surface area contributed by atoms with E-state index in [9.17, 15) is 0 Å². The van der Waals surface area contributed by atoms with E-state index in [1.165, 1.54) is 92.8 Å². The maximum absolute atomic E-state index is 6.89. The van der Waals surface area contributed by atoms with Crippen molar-refractivity contribution in [3.63, 3.8) is 0 Å². The predicted octanol–water partition coefficient (Wildman–Crippen LogP) is 15.9. The normalized spacial score (nSPS) is 11.9. The molecule has 0 aliphatic carbocycles. The van der Waals surface area contributed by atoms with Gasteiger partial charge in [0.25, 0.3) is 0 Å². The Morgan fingerprint density at radius 2 is 0.845 bits per heavy atom. The van der Waals surface area contributed by atoms with E-state index in [-0.39, 0.29) is 0 Å². The molecule has 0 N–H and O–H groups in total. The van der Waals surface area contributed by atoms with Crippen molar-refractivity contribution in [2.45, 2.75) is 6.42 Å². The van der Waals surface area contributed by atoms with E-state index in [0.29, 0.717) is 0 Å². The summed E-state index contributed by atoms with van der Waals surface area (Å²) in [6.07, 6.45) is 0.794. The van der Waals surface area contributed by atoms with E-state index in [1.807, 2.05) is 0 Å². The summed E-state index contributed by atoms with van der Waals surface area (Å²) in [5.74, 6) is 0. The molecule has 1 nitrogen and oxygen atoms in total. The van der Waals surface area contributed by atoms with Crippen LogP contribution in [0.2, 0.25) is 0 Å². The Morgan fingerprint density at radius 1 is 0.310 bits per heavy atom. The molecule has 1 aromatic heterocycles. The van der Waals surface area contributed by atoms with Crippen LogP contribution >= 0.6 is 0 Å². The van der Waals surface area contributed by atoms with Crippen molar-refractivity contribution >= 4 is 75.8 Å². The summed E-state index contributed by atoms with van der Waals surface area (Å²) in [4.78, 5) is 0. The molecular formula is C57H36O. The Morgan fingerprint density at radius 3 is 1.62 bits per heavy atom. The molecule has 58 heavy (non-hydrogen) atoms. The number of para-hydroxylation sites is 1. The van der Waals surface area contributed by atoms with Crippen LogP contribution in [0.5, 0.6) is 0 Å². The van der Waals surface area contributed by atoms with Crippen LogP contribution in [-0.4, -0.2) is 0 Å². The molecule has 0 aliphatic rings. The molecule has 0 atom stereocenters. The Hall–Kier alpha value is -7.48. The number of fused-ring (bicyclic) bond motifs is 9. The zero-order valence-electron chi connectivity index (χ0n) is 31.7. The smallest absolute Gasteiger partial charge is 0.143 e. The van der Waals surface area contributed by atoms with Gasteiger partial charge in [-0.3, -0.25) is 0 Å². The first-order valence-electron chi connectivity index (χ1n) is 20.1. The van der Waals surface area contributed by atoms with E-state index in [0.717, 1.165) is 33.9 Å². The minimum absolute atomic E-state index is 0.794. The third-order valence-electron chi connectivity index (χ3n) is 12.4. The minimum atomic E-state index is 0.794. The molecule has 0 bridgehead atoms. The topological polar surface area (TPSA) is 13.1 Å². The molecule has 0 unspecified atom stereocenters. The van der Waals surface area contributed by atoms with Crippen LogP contribution < -0.4 is 0 Å². The molecule has 12 aromatic rings. The number of furan rings is 1. The average molecular weight is 737 g/mol. The summed E-state index contributed by atoms with van der Waals surface area (Å²) in [7, 11) is 0. The van der Waals surface area contributed by atoms with Gasteiger partial charge >= 0.3 is 0 Å². The molecule has 1 heterocycles. The van der Waals surface area contributed by atoms with E-state index < -0.39 is 0 Å². The largest absolute Gasteiger partial charge is 0.455 e. The first-order chi connectivity index (χ1) is 28.8. The van der Waals surface area contributed by atoms with Crippen LogP contribution in [0, 0.1) is 0 Å². The van der Waals surface area contributed by atoms with Gasteiger partial charge in [-0.2, -0.15) is 0 Å². The highest BCUT2D eigenvalue weighted by Crippen LogP contribution is 2.48. The maximum Gasteiger partial charge on any atom is 0.143 e. The van der Waals surface area contributed by atoms with Crippen molar-refractivity contribution in [3.05, 3.63) is 217 Å². The van der Waals surface area contributed by atoms with Gasteiger partial charge in [0.15, 0.2) is 0 Å². The first kappa shape index (κ1) is 32.7. The van der Waals surface area contributed by atoms with Gasteiger partial charge in [0, 0.05) is 16.3 Å². The molecule has 0 aliphatic heterocycles. The Balaban J connectivity index is 1.11. The predicted molar refractivity (Wildman–Crippen MR) is 247 cm³/mol. The van der Waals surface area contributed by atoms with Gasteiger partial charge in [0.05, 0.1) is 0 Å². The van der Waals surface area contributed by atoms with Crippen molar-refractivity contribution < 1.29 is 4.42 Å². The van der Waals surface area contributed by atoms with Gasteiger partial charge in [-0.25, -0.2) is 0 Å². The molecular weight excluding hydrogens is 701 g/mol. The fraction of sp³-hybridized carbons (Fsp3) is 0.0175. The SMILES string of the molecule is c1ccc(-c2cc3ccccc3c3ccccc23)c(Cc2c3ccccc3c(-c3ccc(-c4cccc5ccccc45)c4oc5ccccc5c34)c3ccccc23)c1. The van der Waals surface area contributed by atoms with Crippen LogP contribution in [0.25, 0.3) is 109 Å². The van der Waals surface area contributed by atoms with Gasteiger partial charge in [-0.15, -0.1) is 0 Å². The Labute approximate surface area is 336 Å². The van der Waals surface area contributed by atoms with Crippen molar-refractivity contribution in [3.8, 4) is 33.4 Å². The average Bonchev–Trinajstić information content (AvgIpc) is 3.69. The third kappa shape index (κ3) is 4.97. The zero-order valence-corrected chi connectivity index (χ0v) is 31.7. The quantitative estimate of drug-likeness (QED) is 0.127. The second-order valence-corrected chi connectivity index (χ2v) is 15.5. The molecule has 0 fully saturated rings. The van der Waals surface area contributed by atoms with Crippen LogP contribution in [0.4, 0.5) is 0 Å². The minimum Gasteiger partial charge on any atom is -0.455 e. The van der Waals surface area contributed by atoms with Gasteiger partial charge in [-0.1, -0.05) is 188 Å². The second kappa shape index (κ2) is 13.0. The summed E-state index contributed by atoms with van der Waals surface area (Å²) >= 11 is 0. The third-order valence-corrected chi connectivity index (χ3v) is 12.4. The van der Waals surface area contributed by atoms with E-state index >= 15 is 0 Å². The lowest BCUT2D eigenvalue weighted by atomic mass is 9.83. The summed E-state index contributed by atoms with van der Waals surface area (Å²) in [5.41, 5.74) is 11.7. The summed E-state index contributed by atoms with van der Waals surface area (Å²) in [6, 6.07) is 75.4. The number of hydrogen-bond acceptors (Lipinski definition) is 1. The fourth-order valence-corrected chi connectivity index (χ4v) is 9.81. The van der Waals surface area contributed by atoms with Gasteiger partial charge in [-0.05, 0) is 117 Å². The molecule has 0 amide bonds. The molecule has 11 aromatic carbocycles. The van der Waals surface area contributed by atoms with Crippen LogP contribution in [0.3, 0.4) is 0 Å². The van der Waals surface area contributed by atoms with Gasteiger partial charge < -0.3 is 4.42 Å². The first-order valence-corrected chi connectivity index (χ1v) is 20.1. The lowest BCUT2D eigenvalue weighted by Crippen LogP contribution is -1.98. The molecule has 0 saturated heterocycles. The molecule has 0 radical (unpaired) electrons. The number of benzene rings is 11. The van der Waals surface area contributed by atoms with Gasteiger partial charge in [0.2, 0.25) is 0 Å². The lowest BCUT2D eigenvalue weighted by molar-refractivity contribution is 0.670. The monoisotopic (exact) mass is 736 g/mol. The summed E-state index contributed by atoms with van der Waals surface area (Å²) in [6.45, 7) is 0. The number of rotatable bonds is 5. The van der Waals surface area contributed by atoms with Crippen molar-refractivity contribution in [1.82, 2.24) is 0 Å². The maximum atomic E-state index is 6.89.